The van der Waals surface area contributed by atoms with E-state index in [-0.39, 0.29) is 6.54 Å². The van der Waals surface area contributed by atoms with Gasteiger partial charge in [0.2, 0.25) is 0 Å². The Kier molecular flexibility index (Phi) is 7.85. The van der Waals surface area contributed by atoms with E-state index in [0.717, 1.165) is 19.5 Å². The van der Waals surface area contributed by atoms with Crippen LogP contribution in [0.2, 0.25) is 0 Å². The number of nitrogens with zero attached hydrogens (tertiary/aromatic N) is 2. The van der Waals surface area contributed by atoms with E-state index in [0.29, 0.717) is 25.1 Å². The van der Waals surface area contributed by atoms with Crippen LogP contribution in [-0.2, 0) is 0 Å². The second-order valence-corrected chi connectivity index (χ2v) is 5.32. The highest BCUT2D eigenvalue weighted by Crippen LogP contribution is 2.18. The molecule has 0 spiro atoms. The minimum atomic E-state index is -4.13. The fraction of sp³-hybridized carbons (Fsp3) is 0.929. The number of hydrogen-bond donors (Lipinski definition) is 2. The summed E-state index contributed by atoms with van der Waals surface area (Å²) in [6.07, 6.45) is -1.52. The van der Waals surface area contributed by atoms with Crippen LogP contribution in [0.1, 0.15) is 39.5 Å². The summed E-state index contributed by atoms with van der Waals surface area (Å²) in [4.78, 5) is 6.85. The number of likely N-dealkylation sites (tertiary alicyclic amines) is 1. The van der Waals surface area contributed by atoms with Gasteiger partial charge in [-0.25, -0.2) is 0 Å². The average molecular weight is 308 g/mol. The predicted octanol–water partition coefficient (Wildman–Crippen LogP) is 2.37. The molecule has 1 saturated heterocycles. The summed E-state index contributed by atoms with van der Waals surface area (Å²) >= 11 is 0. The molecule has 1 atom stereocenters. The van der Waals surface area contributed by atoms with Gasteiger partial charge in [-0.2, -0.15) is 13.2 Å². The summed E-state index contributed by atoms with van der Waals surface area (Å²) < 4.78 is 36.5. The summed E-state index contributed by atoms with van der Waals surface area (Å²) in [6, 6.07) is 0.380. The van der Waals surface area contributed by atoms with Crippen molar-refractivity contribution in [1.29, 1.82) is 0 Å². The maximum atomic E-state index is 12.2. The van der Waals surface area contributed by atoms with E-state index in [1.165, 1.54) is 12.8 Å². The van der Waals surface area contributed by atoms with Crippen LogP contribution < -0.4 is 10.6 Å². The van der Waals surface area contributed by atoms with Gasteiger partial charge in [0.1, 0.15) is 0 Å². The van der Waals surface area contributed by atoms with Crippen LogP contribution >= 0.6 is 0 Å². The largest absolute Gasteiger partial charge is 0.390 e. The van der Waals surface area contributed by atoms with Crippen LogP contribution in [0, 0.1) is 0 Å². The molecule has 0 aromatic carbocycles. The summed E-state index contributed by atoms with van der Waals surface area (Å²) in [7, 11) is 0. The van der Waals surface area contributed by atoms with Gasteiger partial charge in [0.05, 0.1) is 13.0 Å². The monoisotopic (exact) mass is 308 g/mol. The molecule has 124 valence electrons. The first-order valence-electron chi connectivity index (χ1n) is 7.79. The quantitative estimate of drug-likeness (QED) is 0.560. The molecule has 2 N–H and O–H groups in total. The van der Waals surface area contributed by atoms with Crippen molar-refractivity contribution in [3.63, 3.8) is 0 Å². The number of alkyl halides is 3. The molecule has 0 saturated carbocycles. The lowest BCUT2D eigenvalue weighted by atomic mass is 10.2. The second-order valence-electron chi connectivity index (χ2n) is 5.32. The number of nitrogens with one attached hydrogen (secondary N) is 2. The Bertz CT molecular complexity index is 312. The van der Waals surface area contributed by atoms with Gasteiger partial charge in [-0.15, -0.1) is 0 Å². The smallest absolute Gasteiger partial charge is 0.357 e. The number of hydrogen-bond acceptors (Lipinski definition) is 2. The average Bonchev–Trinajstić information content (AvgIpc) is 2.92. The first kappa shape index (κ1) is 18.1. The van der Waals surface area contributed by atoms with Crippen molar-refractivity contribution in [2.75, 3.05) is 32.7 Å². The van der Waals surface area contributed by atoms with Crippen LogP contribution in [0.15, 0.2) is 4.99 Å². The Morgan fingerprint density at radius 3 is 2.38 bits per heavy atom. The first-order valence-corrected chi connectivity index (χ1v) is 7.79. The highest BCUT2D eigenvalue weighted by molar-refractivity contribution is 5.79. The standard InChI is InChI=1S/C14H27F3N4/c1-3-12(21-9-5-6-10-21)11-20-13(18-4-2)19-8-7-14(15,16)17/h12H,3-11H2,1-2H3,(H2,18,19,20). The molecule has 4 nitrogen and oxygen atoms in total. The zero-order valence-electron chi connectivity index (χ0n) is 13.0. The molecule has 1 fully saturated rings. The molecule has 1 aliphatic heterocycles. The van der Waals surface area contributed by atoms with Gasteiger partial charge in [-0.05, 0) is 39.3 Å². The predicted molar refractivity (Wildman–Crippen MR) is 79.5 cm³/mol. The SMILES string of the molecule is CCNC(=NCC(CC)N1CCCC1)NCCC(F)(F)F. The number of aliphatic imine (C=N–C) groups is 1. The highest BCUT2D eigenvalue weighted by Gasteiger charge is 2.26. The molecule has 7 heteroatoms. The maximum Gasteiger partial charge on any atom is 0.390 e. The van der Waals surface area contributed by atoms with Gasteiger partial charge < -0.3 is 10.6 Å². The number of guanidine groups is 1. The van der Waals surface area contributed by atoms with Gasteiger partial charge in [0.25, 0.3) is 0 Å². The molecule has 0 aliphatic carbocycles. The van der Waals surface area contributed by atoms with Crippen molar-refractivity contribution in [3.05, 3.63) is 0 Å². The molecule has 0 aromatic heterocycles. The number of halogens is 3. The Balaban J connectivity index is 2.45. The third-order valence-electron chi connectivity index (χ3n) is 3.63. The summed E-state index contributed by atoms with van der Waals surface area (Å²) in [5, 5.41) is 5.74. The minimum absolute atomic E-state index is 0.143. The molecule has 1 heterocycles. The number of rotatable bonds is 7. The maximum absolute atomic E-state index is 12.2. The summed E-state index contributed by atoms with van der Waals surface area (Å²) in [6.45, 7) is 7.35. The van der Waals surface area contributed by atoms with E-state index in [1.807, 2.05) is 6.92 Å². The van der Waals surface area contributed by atoms with Crippen LogP contribution in [-0.4, -0.2) is 55.8 Å². The molecule has 1 rings (SSSR count). The van der Waals surface area contributed by atoms with Crippen molar-refractivity contribution < 1.29 is 13.2 Å². The molecule has 0 amide bonds. The Hall–Kier alpha value is -0.980. The van der Waals surface area contributed by atoms with Gasteiger partial charge in [-0.3, -0.25) is 9.89 Å². The van der Waals surface area contributed by atoms with E-state index in [2.05, 4.69) is 27.4 Å². The molecule has 0 bridgehead atoms. The fourth-order valence-electron chi connectivity index (χ4n) is 2.47. The lowest BCUT2D eigenvalue weighted by Gasteiger charge is -2.25. The zero-order valence-corrected chi connectivity index (χ0v) is 13.0. The van der Waals surface area contributed by atoms with E-state index in [9.17, 15) is 13.2 Å². The van der Waals surface area contributed by atoms with Gasteiger partial charge in [-0.1, -0.05) is 6.92 Å². The molecule has 0 radical (unpaired) electrons. The van der Waals surface area contributed by atoms with Crippen LogP contribution in [0.4, 0.5) is 13.2 Å². The molecular formula is C14H27F3N4. The van der Waals surface area contributed by atoms with Crippen molar-refractivity contribution >= 4 is 5.96 Å². The molecule has 1 aliphatic rings. The highest BCUT2D eigenvalue weighted by atomic mass is 19.4. The van der Waals surface area contributed by atoms with Crippen molar-refractivity contribution in [2.45, 2.75) is 51.7 Å². The van der Waals surface area contributed by atoms with Gasteiger partial charge >= 0.3 is 6.18 Å². The minimum Gasteiger partial charge on any atom is -0.357 e. The third-order valence-corrected chi connectivity index (χ3v) is 3.63. The second kappa shape index (κ2) is 9.12. The molecule has 1 unspecified atom stereocenters. The van der Waals surface area contributed by atoms with Crippen LogP contribution in [0.25, 0.3) is 0 Å². The molecular weight excluding hydrogens is 281 g/mol. The van der Waals surface area contributed by atoms with Crippen molar-refractivity contribution in [1.82, 2.24) is 15.5 Å². The molecule has 21 heavy (non-hydrogen) atoms. The lowest BCUT2D eigenvalue weighted by Crippen LogP contribution is -2.41. The zero-order chi connectivity index (χ0) is 15.7. The van der Waals surface area contributed by atoms with Crippen LogP contribution in [0.3, 0.4) is 0 Å². The summed E-state index contributed by atoms with van der Waals surface area (Å²) in [5.74, 6) is 0.472. The molecule has 0 aromatic rings. The Morgan fingerprint density at radius 2 is 1.86 bits per heavy atom. The van der Waals surface area contributed by atoms with Gasteiger partial charge in [0.15, 0.2) is 5.96 Å². The van der Waals surface area contributed by atoms with E-state index < -0.39 is 12.6 Å². The topological polar surface area (TPSA) is 39.7 Å². The Morgan fingerprint density at radius 1 is 1.19 bits per heavy atom. The Labute approximate surface area is 125 Å². The normalized spacial score (nSPS) is 18.8. The summed E-state index contributed by atoms with van der Waals surface area (Å²) in [5.41, 5.74) is 0. The van der Waals surface area contributed by atoms with Crippen molar-refractivity contribution in [3.8, 4) is 0 Å². The van der Waals surface area contributed by atoms with Crippen LogP contribution in [0.5, 0.6) is 0 Å². The lowest BCUT2D eigenvalue weighted by molar-refractivity contribution is -0.132. The third kappa shape index (κ3) is 7.55. The fourth-order valence-corrected chi connectivity index (χ4v) is 2.47. The first-order chi connectivity index (χ1) is 9.96. The van der Waals surface area contributed by atoms with E-state index >= 15 is 0 Å². The van der Waals surface area contributed by atoms with Crippen molar-refractivity contribution in [2.24, 2.45) is 4.99 Å². The van der Waals surface area contributed by atoms with E-state index in [1.54, 1.807) is 0 Å². The van der Waals surface area contributed by atoms with Gasteiger partial charge in [0, 0.05) is 19.1 Å². The van der Waals surface area contributed by atoms with E-state index in [4.69, 9.17) is 0 Å².